The van der Waals surface area contributed by atoms with E-state index in [-0.39, 0.29) is 5.91 Å². The van der Waals surface area contributed by atoms with Gasteiger partial charge < -0.3 is 14.5 Å². The highest BCUT2D eigenvalue weighted by molar-refractivity contribution is 5.78. The fourth-order valence-corrected chi connectivity index (χ4v) is 3.25. The van der Waals surface area contributed by atoms with Gasteiger partial charge in [-0.2, -0.15) is 5.10 Å². The van der Waals surface area contributed by atoms with Gasteiger partial charge >= 0.3 is 0 Å². The Balaban J connectivity index is 1.28. The van der Waals surface area contributed by atoms with Crippen molar-refractivity contribution in [1.29, 1.82) is 0 Å². The van der Waals surface area contributed by atoms with Crippen LogP contribution < -0.4 is 4.90 Å². The van der Waals surface area contributed by atoms with Gasteiger partial charge in [0, 0.05) is 51.7 Å². The van der Waals surface area contributed by atoms with Gasteiger partial charge in [-0.15, -0.1) is 10.2 Å². The van der Waals surface area contributed by atoms with Crippen LogP contribution in [0.1, 0.15) is 0 Å². The van der Waals surface area contributed by atoms with E-state index in [2.05, 4.69) is 25.1 Å². The number of piperazine rings is 1. The van der Waals surface area contributed by atoms with Crippen LogP contribution in [0, 0.1) is 0 Å². The molecule has 26 heavy (non-hydrogen) atoms. The van der Waals surface area contributed by atoms with Crippen molar-refractivity contribution in [3.05, 3.63) is 30.6 Å². The molecule has 138 valence electrons. The topological polar surface area (TPSA) is 79.6 Å². The summed E-state index contributed by atoms with van der Waals surface area (Å²) in [6.07, 6.45) is 3.56. The lowest BCUT2D eigenvalue weighted by Gasteiger charge is -2.36. The van der Waals surface area contributed by atoms with Crippen molar-refractivity contribution in [2.45, 2.75) is 0 Å². The minimum Gasteiger partial charge on any atom is -0.378 e. The molecular weight excluding hydrogens is 334 g/mol. The van der Waals surface area contributed by atoms with E-state index < -0.39 is 0 Å². The zero-order valence-corrected chi connectivity index (χ0v) is 14.7. The Morgan fingerprint density at radius 3 is 2.38 bits per heavy atom. The van der Waals surface area contributed by atoms with Crippen molar-refractivity contribution in [3.63, 3.8) is 0 Å². The molecule has 2 aromatic heterocycles. The van der Waals surface area contributed by atoms with Crippen LogP contribution in [0.15, 0.2) is 30.6 Å². The molecule has 0 bridgehead atoms. The van der Waals surface area contributed by atoms with Crippen LogP contribution >= 0.6 is 0 Å². The van der Waals surface area contributed by atoms with Crippen LogP contribution in [-0.4, -0.2) is 94.7 Å². The molecule has 0 aromatic carbocycles. The van der Waals surface area contributed by atoms with Crippen molar-refractivity contribution in [2.75, 3.05) is 63.9 Å². The van der Waals surface area contributed by atoms with Crippen LogP contribution in [0.25, 0.3) is 5.82 Å². The van der Waals surface area contributed by atoms with Crippen LogP contribution in [-0.2, 0) is 9.53 Å². The SMILES string of the molecule is O=C(CN1CCN(c2ccc(-n3cccn3)nn2)CC1)N1CCOCC1. The summed E-state index contributed by atoms with van der Waals surface area (Å²) in [7, 11) is 0. The van der Waals surface area contributed by atoms with Gasteiger partial charge in [0.2, 0.25) is 5.91 Å². The first-order chi connectivity index (χ1) is 12.8. The Morgan fingerprint density at radius 2 is 1.73 bits per heavy atom. The highest BCUT2D eigenvalue weighted by Crippen LogP contribution is 2.14. The molecule has 0 aliphatic carbocycles. The smallest absolute Gasteiger partial charge is 0.236 e. The molecule has 4 heterocycles. The lowest BCUT2D eigenvalue weighted by Crippen LogP contribution is -2.51. The van der Waals surface area contributed by atoms with Gasteiger partial charge in [-0.3, -0.25) is 9.69 Å². The Labute approximate surface area is 152 Å². The fraction of sp³-hybridized carbons (Fsp3) is 0.529. The molecule has 2 saturated heterocycles. The molecule has 9 nitrogen and oxygen atoms in total. The monoisotopic (exact) mass is 357 g/mol. The molecule has 0 radical (unpaired) electrons. The number of anilines is 1. The normalized spacial score (nSPS) is 18.9. The van der Waals surface area contributed by atoms with E-state index >= 15 is 0 Å². The predicted molar refractivity (Wildman–Crippen MR) is 95.2 cm³/mol. The first-order valence-corrected chi connectivity index (χ1v) is 8.96. The summed E-state index contributed by atoms with van der Waals surface area (Å²) >= 11 is 0. The Morgan fingerprint density at radius 1 is 1.00 bits per heavy atom. The molecule has 0 saturated carbocycles. The second-order valence-corrected chi connectivity index (χ2v) is 6.46. The molecule has 0 spiro atoms. The summed E-state index contributed by atoms with van der Waals surface area (Å²) in [6, 6.07) is 5.75. The van der Waals surface area contributed by atoms with Crippen molar-refractivity contribution >= 4 is 11.7 Å². The van der Waals surface area contributed by atoms with E-state index in [0.717, 1.165) is 32.0 Å². The zero-order chi connectivity index (χ0) is 17.8. The van der Waals surface area contributed by atoms with E-state index in [4.69, 9.17) is 4.74 Å². The molecule has 9 heteroatoms. The minimum atomic E-state index is 0.199. The van der Waals surface area contributed by atoms with Gasteiger partial charge in [0.15, 0.2) is 11.6 Å². The highest BCUT2D eigenvalue weighted by Gasteiger charge is 2.23. The van der Waals surface area contributed by atoms with Crippen LogP contribution in [0.5, 0.6) is 0 Å². The van der Waals surface area contributed by atoms with Crippen molar-refractivity contribution < 1.29 is 9.53 Å². The van der Waals surface area contributed by atoms with Gasteiger partial charge in [-0.1, -0.05) is 0 Å². The third-order valence-electron chi connectivity index (χ3n) is 4.79. The van der Waals surface area contributed by atoms with E-state index in [0.29, 0.717) is 38.7 Å². The maximum absolute atomic E-state index is 12.4. The fourth-order valence-electron chi connectivity index (χ4n) is 3.25. The third kappa shape index (κ3) is 3.83. The molecule has 2 aromatic rings. The second-order valence-electron chi connectivity index (χ2n) is 6.46. The quantitative estimate of drug-likeness (QED) is 0.739. The lowest BCUT2D eigenvalue weighted by atomic mass is 10.3. The summed E-state index contributed by atoms with van der Waals surface area (Å²) in [6.45, 7) is 6.56. The van der Waals surface area contributed by atoms with Crippen molar-refractivity contribution in [2.24, 2.45) is 0 Å². The van der Waals surface area contributed by atoms with Gasteiger partial charge in [-0.25, -0.2) is 4.68 Å². The number of carbonyl (C=O) groups is 1. The standard InChI is InChI=1S/C17H23N7O2/c25-17(23-10-12-26-13-11-23)14-21-6-8-22(9-7-21)15-2-3-16(20-19-15)24-5-1-4-18-24/h1-5H,6-14H2. The van der Waals surface area contributed by atoms with E-state index in [1.165, 1.54) is 0 Å². The summed E-state index contributed by atoms with van der Waals surface area (Å²) < 4.78 is 6.99. The van der Waals surface area contributed by atoms with Gasteiger partial charge in [0.25, 0.3) is 0 Å². The number of hydrogen-bond acceptors (Lipinski definition) is 7. The van der Waals surface area contributed by atoms with Crippen molar-refractivity contribution in [3.8, 4) is 5.82 Å². The molecule has 0 atom stereocenters. The van der Waals surface area contributed by atoms with Gasteiger partial charge in [0.05, 0.1) is 19.8 Å². The van der Waals surface area contributed by atoms with E-state index in [1.807, 2.05) is 29.3 Å². The number of hydrogen-bond donors (Lipinski definition) is 0. The van der Waals surface area contributed by atoms with E-state index in [1.54, 1.807) is 10.9 Å². The zero-order valence-electron chi connectivity index (χ0n) is 14.7. The second kappa shape index (κ2) is 7.79. The predicted octanol–water partition coefficient (Wildman–Crippen LogP) is -0.357. The number of carbonyl (C=O) groups excluding carboxylic acids is 1. The molecule has 2 aliphatic rings. The molecular formula is C17H23N7O2. The first-order valence-electron chi connectivity index (χ1n) is 8.96. The molecule has 4 rings (SSSR count). The number of amides is 1. The third-order valence-corrected chi connectivity index (χ3v) is 4.79. The molecule has 0 unspecified atom stereocenters. The maximum atomic E-state index is 12.4. The Kier molecular flexibility index (Phi) is 5.07. The number of morpholine rings is 1. The number of nitrogens with zero attached hydrogens (tertiary/aromatic N) is 7. The number of ether oxygens (including phenoxy) is 1. The average Bonchev–Trinajstić information content (AvgIpc) is 3.24. The summed E-state index contributed by atoms with van der Waals surface area (Å²) in [5.74, 6) is 1.76. The highest BCUT2D eigenvalue weighted by atomic mass is 16.5. The van der Waals surface area contributed by atoms with E-state index in [9.17, 15) is 4.79 Å². The summed E-state index contributed by atoms with van der Waals surface area (Å²) in [5.41, 5.74) is 0. The van der Waals surface area contributed by atoms with Gasteiger partial charge in [-0.05, 0) is 18.2 Å². The number of rotatable bonds is 4. The summed E-state index contributed by atoms with van der Waals surface area (Å²) in [5, 5.41) is 12.7. The molecule has 2 fully saturated rings. The maximum Gasteiger partial charge on any atom is 0.236 e. The largest absolute Gasteiger partial charge is 0.378 e. The average molecular weight is 357 g/mol. The van der Waals surface area contributed by atoms with Crippen LogP contribution in [0.3, 0.4) is 0 Å². The Bertz CT molecular complexity index is 705. The molecule has 0 N–H and O–H groups in total. The van der Waals surface area contributed by atoms with Crippen LogP contribution in [0.2, 0.25) is 0 Å². The molecule has 2 aliphatic heterocycles. The van der Waals surface area contributed by atoms with Gasteiger partial charge in [0.1, 0.15) is 0 Å². The lowest BCUT2D eigenvalue weighted by molar-refractivity contribution is -0.136. The Hall–Kier alpha value is -2.52. The molecule has 1 amide bonds. The first kappa shape index (κ1) is 16.9. The van der Waals surface area contributed by atoms with Crippen molar-refractivity contribution in [1.82, 2.24) is 29.8 Å². The number of aromatic nitrogens is 4. The van der Waals surface area contributed by atoms with Crippen LogP contribution in [0.4, 0.5) is 5.82 Å². The minimum absolute atomic E-state index is 0.199. The summed E-state index contributed by atoms with van der Waals surface area (Å²) in [4.78, 5) is 18.7.